The molecule has 0 aliphatic heterocycles. The summed E-state index contributed by atoms with van der Waals surface area (Å²) < 4.78 is 6.66. The van der Waals surface area contributed by atoms with Crippen LogP contribution in [0.4, 0.5) is 0 Å². The monoisotopic (exact) mass is 383 g/mol. The van der Waals surface area contributed by atoms with Crippen molar-refractivity contribution in [1.82, 2.24) is 5.32 Å². The Hall–Kier alpha value is -0.843. The Morgan fingerprint density at radius 3 is 1.96 bits per heavy atom. The van der Waals surface area contributed by atoms with Gasteiger partial charge in [-0.1, -0.05) is 51.4 Å². The second kappa shape index (κ2) is 7.81. The molecule has 2 atom stereocenters. The Morgan fingerprint density at radius 2 is 1.56 bits per heavy atom. The number of amides is 1. The van der Waals surface area contributed by atoms with Gasteiger partial charge in [0.25, 0.3) is 0 Å². The molecule has 0 unspecified atom stereocenters. The highest BCUT2D eigenvalue weighted by atomic mass is 35.5. The van der Waals surface area contributed by atoms with Crippen LogP contribution in [0.3, 0.4) is 0 Å². The summed E-state index contributed by atoms with van der Waals surface area (Å²) in [7, 11) is -2.04. The predicted octanol–water partition coefficient (Wildman–Crippen LogP) is 5.95. The fourth-order valence-electron chi connectivity index (χ4n) is 2.23. The molecular weight excluding hydrogens is 350 g/mol. The third-order valence-electron chi connectivity index (χ3n) is 4.79. The van der Waals surface area contributed by atoms with Crippen LogP contribution in [0, 0.1) is 5.92 Å². The smallest absolute Gasteiger partial charge is 0.226 e. The highest BCUT2D eigenvalue weighted by Gasteiger charge is 2.41. The molecule has 0 radical (unpaired) electrons. The molecule has 0 spiro atoms. The van der Waals surface area contributed by atoms with E-state index >= 15 is 0 Å². The minimum absolute atomic E-state index is 0.00570. The molecule has 0 aliphatic rings. The quantitative estimate of drug-likeness (QED) is 0.637. The normalized spacial score (nSPS) is 15.6. The molecule has 1 rings (SSSR count). The first-order chi connectivity index (χ1) is 11.1. The van der Waals surface area contributed by atoms with E-state index in [4.69, 9.17) is 16.0 Å². The zero-order chi connectivity index (χ0) is 19.6. The van der Waals surface area contributed by atoms with Crippen molar-refractivity contribution in [2.45, 2.75) is 78.2 Å². The second-order valence-electron chi connectivity index (χ2n) is 9.38. The van der Waals surface area contributed by atoms with E-state index in [-0.39, 0.29) is 28.5 Å². The molecule has 0 bridgehead atoms. The van der Waals surface area contributed by atoms with E-state index in [1.54, 1.807) is 0 Å². The standard InChI is InChI=1S/C20H34ClNO2Si/c1-14(18(23)22-19(2,3)4)17(15-10-12-16(21)13-11-15)24-25(8,9)20(5,6)7/h10-14,17H,1-9H3,(H,22,23)/t14-,17-/m1/s1. The minimum atomic E-state index is -2.04. The van der Waals surface area contributed by atoms with Crippen LogP contribution in [0.2, 0.25) is 23.2 Å². The first-order valence-electron chi connectivity index (χ1n) is 8.89. The second-order valence-corrected chi connectivity index (χ2v) is 14.6. The van der Waals surface area contributed by atoms with Gasteiger partial charge in [-0.2, -0.15) is 0 Å². The van der Waals surface area contributed by atoms with Crippen LogP contribution in [0.5, 0.6) is 0 Å². The Labute approximate surface area is 159 Å². The minimum Gasteiger partial charge on any atom is -0.409 e. The van der Waals surface area contributed by atoms with E-state index in [0.717, 1.165) is 5.56 Å². The van der Waals surface area contributed by atoms with Crippen LogP contribution in [-0.4, -0.2) is 19.8 Å². The molecule has 0 aromatic heterocycles. The fourth-order valence-corrected chi connectivity index (χ4v) is 3.68. The summed E-state index contributed by atoms with van der Waals surface area (Å²) >= 11 is 6.04. The first-order valence-corrected chi connectivity index (χ1v) is 12.2. The van der Waals surface area contributed by atoms with Crippen molar-refractivity contribution in [1.29, 1.82) is 0 Å². The van der Waals surface area contributed by atoms with E-state index < -0.39 is 8.32 Å². The van der Waals surface area contributed by atoms with Crippen molar-refractivity contribution >= 4 is 25.8 Å². The van der Waals surface area contributed by atoms with E-state index in [1.807, 2.05) is 52.0 Å². The average Bonchev–Trinajstić information content (AvgIpc) is 2.42. The van der Waals surface area contributed by atoms with Crippen LogP contribution in [0.25, 0.3) is 0 Å². The van der Waals surface area contributed by atoms with Crippen molar-refractivity contribution in [3.05, 3.63) is 34.9 Å². The van der Waals surface area contributed by atoms with E-state index in [2.05, 4.69) is 39.2 Å². The molecule has 0 aliphatic carbocycles. The summed E-state index contributed by atoms with van der Waals surface area (Å²) in [6.45, 7) is 19.0. The van der Waals surface area contributed by atoms with Crippen molar-refractivity contribution in [3.63, 3.8) is 0 Å². The Morgan fingerprint density at radius 1 is 1.08 bits per heavy atom. The van der Waals surface area contributed by atoms with Gasteiger partial charge in [0.2, 0.25) is 5.91 Å². The third kappa shape index (κ3) is 6.43. The predicted molar refractivity (Wildman–Crippen MR) is 110 cm³/mol. The lowest BCUT2D eigenvalue weighted by molar-refractivity contribution is -0.129. The van der Waals surface area contributed by atoms with Crippen molar-refractivity contribution < 1.29 is 9.22 Å². The van der Waals surface area contributed by atoms with Crippen LogP contribution >= 0.6 is 11.6 Å². The summed E-state index contributed by atoms with van der Waals surface area (Å²) in [5, 5.41) is 3.82. The summed E-state index contributed by atoms with van der Waals surface area (Å²) in [5.41, 5.74) is 0.720. The van der Waals surface area contributed by atoms with E-state index in [1.165, 1.54) is 0 Å². The largest absolute Gasteiger partial charge is 0.409 e. The maximum atomic E-state index is 12.8. The molecule has 1 amide bonds. The summed E-state index contributed by atoms with van der Waals surface area (Å²) in [5.74, 6) is -0.291. The van der Waals surface area contributed by atoms with Crippen molar-refractivity contribution in [2.24, 2.45) is 5.92 Å². The zero-order valence-electron chi connectivity index (χ0n) is 17.2. The van der Waals surface area contributed by atoms with E-state index in [9.17, 15) is 4.79 Å². The van der Waals surface area contributed by atoms with Gasteiger partial charge < -0.3 is 9.74 Å². The van der Waals surface area contributed by atoms with Crippen molar-refractivity contribution in [2.75, 3.05) is 0 Å². The third-order valence-corrected chi connectivity index (χ3v) is 9.50. The lowest BCUT2D eigenvalue weighted by atomic mass is 9.95. The molecular formula is C20H34ClNO2Si. The fraction of sp³-hybridized carbons (Fsp3) is 0.650. The van der Waals surface area contributed by atoms with Gasteiger partial charge in [-0.05, 0) is 56.6 Å². The number of carbonyl (C=O) groups excluding carboxylic acids is 1. The Bertz CT molecular complexity index is 585. The van der Waals surface area contributed by atoms with Crippen LogP contribution < -0.4 is 5.32 Å². The number of hydrogen-bond donors (Lipinski definition) is 1. The molecule has 1 aromatic rings. The number of halogens is 1. The van der Waals surface area contributed by atoms with Gasteiger partial charge in [0.15, 0.2) is 8.32 Å². The lowest BCUT2D eigenvalue weighted by Gasteiger charge is -2.41. The summed E-state index contributed by atoms with van der Waals surface area (Å²) in [6, 6.07) is 7.63. The van der Waals surface area contributed by atoms with Gasteiger partial charge in [0, 0.05) is 10.6 Å². The summed E-state index contributed by atoms with van der Waals surface area (Å²) in [6.07, 6.45) is -0.291. The van der Waals surface area contributed by atoms with Gasteiger partial charge in [-0.25, -0.2) is 0 Å². The molecule has 0 heterocycles. The molecule has 0 fully saturated rings. The SMILES string of the molecule is C[C@@H](C(=O)NC(C)(C)C)[C@@H](O[Si](C)(C)C(C)(C)C)c1ccc(Cl)cc1. The molecule has 0 saturated carbocycles. The lowest BCUT2D eigenvalue weighted by Crippen LogP contribution is -2.48. The van der Waals surface area contributed by atoms with E-state index in [0.29, 0.717) is 5.02 Å². The van der Waals surface area contributed by atoms with Gasteiger partial charge in [-0.3, -0.25) is 4.79 Å². The number of carbonyl (C=O) groups is 1. The van der Waals surface area contributed by atoms with Gasteiger partial charge in [0.1, 0.15) is 0 Å². The molecule has 0 saturated heterocycles. The van der Waals surface area contributed by atoms with Crippen LogP contribution in [0.1, 0.15) is 60.1 Å². The zero-order valence-corrected chi connectivity index (χ0v) is 18.9. The maximum absolute atomic E-state index is 12.8. The van der Waals surface area contributed by atoms with Crippen molar-refractivity contribution in [3.8, 4) is 0 Å². The van der Waals surface area contributed by atoms with Crippen LogP contribution in [-0.2, 0) is 9.22 Å². The highest BCUT2D eigenvalue weighted by Crippen LogP contribution is 2.41. The number of nitrogens with one attached hydrogen (secondary N) is 1. The first kappa shape index (κ1) is 22.2. The molecule has 1 aromatic carbocycles. The average molecular weight is 384 g/mol. The van der Waals surface area contributed by atoms with Gasteiger partial charge in [-0.15, -0.1) is 0 Å². The summed E-state index contributed by atoms with van der Waals surface area (Å²) in [4.78, 5) is 12.8. The van der Waals surface area contributed by atoms with Gasteiger partial charge >= 0.3 is 0 Å². The Kier molecular flexibility index (Phi) is 6.93. The number of hydrogen-bond acceptors (Lipinski definition) is 2. The van der Waals surface area contributed by atoms with Gasteiger partial charge in [0.05, 0.1) is 12.0 Å². The molecule has 1 N–H and O–H groups in total. The number of benzene rings is 1. The number of rotatable bonds is 5. The topological polar surface area (TPSA) is 38.3 Å². The maximum Gasteiger partial charge on any atom is 0.226 e. The molecule has 25 heavy (non-hydrogen) atoms. The highest BCUT2D eigenvalue weighted by molar-refractivity contribution is 6.74. The van der Waals surface area contributed by atoms with Crippen LogP contribution in [0.15, 0.2) is 24.3 Å². The molecule has 5 heteroatoms. The Balaban J connectivity index is 3.19. The molecule has 3 nitrogen and oxygen atoms in total. The molecule has 142 valence electrons.